The maximum Gasteiger partial charge on any atom is 0.472 e. The number of aliphatic hydroxyl groups is 2. The first-order valence-electron chi connectivity index (χ1n) is 48.4. The minimum absolute atomic E-state index is 0.0920. The Bertz CT molecular complexity index is 2880. The van der Waals surface area contributed by atoms with Crippen molar-refractivity contribution < 1.29 is 75.8 Å². The quantitative estimate of drug-likeness (QED) is 0.0146. The monoisotopic (exact) mass is 1730 g/mol. The van der Waals surface area contributed by atoms with Gasteiger partial charge in [0.15, 0.2) is 6.10 Å². The summed E-state index contributed by atoms with van der Waals surface area (Å²) in [5, 5.41) is 20.7. The van der Waals surface area contributed by atoms with E-state index >= 15 is 0 Å². The van der Waals surface area contributed by atoms with E-state index in [2.05, 4.69) is 191 Å². The van der Waals surface area contributed by atoms with Gasteiger partial charge in [-0.25, -0.2) is 9.13 Å². The summed E-state index contributed by atoms with van der Waals surface area (Å²) in [5.74, 6) is -1.57. The number of allylic oxidation sites excluding steroid dienone is 28. The smallest absolute Gasteiger partial charge is 0.463 e. The van der Waals surface area contributed by atoms with Crippen LogP contribution in [0.3, 0.4) is 0 Å². The molecule has 16 nitrogen and oxygen atoms in total. The summed E-state index contributed by atoms with van der Waals surface area (Å²) in [6, 6.07) is 0. The lowest BCUT2D eigenvalue weighted by molar-refractivity contribution is -0.161. The second-order valence-electron chi connectivity index (χ2n) is 32.1. The van der Waals surface area contributed by atoms with Gasteiger partial charge in [-0.1, -0.05) is 409 Å². The average molecular weight is 1730 g/mol. The van der Waals surface area contributed by atoms with Crippen LogP contribution in [-0.4, -0.2) is 95.9 Å². The number of esters is 3. The van der Waals surface area contributed by atoms with Gasteiger partial charge < -0.3 is 34.2 Å². The third-order valence-corrected chi connectivity index (χ3v) is 22.3. The standard InChI is InChI=1S/C103H176O16P2/c1-4-7-10-13-16-19-22-25-28-31-33-35-37-39-41-43-45-47-48-50-52-53-55-57-59-61-63-66-68-71-74-77-80-83-86-89-101(106)113-92-98(104)93-115-120(109,110)116-94-99(105)95-117-121(111,112)118-97-100(119-103(108)91-88-85-82-79-76-73-70-65-30-27-24-21-18-15-12-9-6-3)96-114-102(107)90-87-84-81-78-75-72-69-67-64-62-60-58-56-54-51-49-46-44-42-40-38-36-34-32-29-26-23-20-17-14-11-8-5-2/h7-12,16-21,25-30,33-36,39-42,45,47,98-100,104-105H,4-6,13-15,22-24,31-32,37-38,43-44,46,48-97H2,1-3H3,(H,109,110)(H,111,112)/b10-7-,11-8-,12-9-,19-16-,20-17-,21-18-,28-25-,29-26-,30-27-,35-33-,36-34-,41-39-,42-40-,47-45-. The van der Waals surface area contributed by atoms with Crippen LogP contribution < -0.4 is 0 Å². The van der Waals surface area contributed by atoms with E-state index in [1.54, 1.807) is 0 Å². The molecule has 0 aromatic carbocycles. The van der Waals surface area contributed by atoms with Gasteiger partial charge in [0.05, 0.1) is 26.4 Å². The zero-order valence-corrected chi connectivity index (χ0v) is 78.4. The van der Waals surface area contributed by atoms with Crippen LogP contribution in [0.15, 0.2) is 170 Å². The first kappa shape index (κ1) is 116. The van der Waals surface area contributed by atoms with Crippen molar-refractivity contribution in [2.45, 2.75) is 424 Å². The first-order valence-corrected chi connectivity index (χ1v) is 51.4. The Kier molecular flexibility index (Phi) is 90.1. The number of unbranched alkanes of at least 4 members (excludes halogenated alkanes) is 40. The lowest BCUT2D eigenvalue weighted by Crippen LogP contribution is -2.30. The molecule has 0 saturated heterocycles. The summed E-state index contributed by atoms with van der Waals surface area (Å²) < 4.78 is 61.5. The third-order valence-electron chi connectivity index (χ3n) is 20.4. The summed E-state index contributed by atoms with van der Waals surface area (Å²) in [4.78, 5) is 59.0. The van der Waals surface area contributed by atoms with E-state index in [0.29, 0.717) is 19.3 Å². The van der Waals surface area contributed by atoms with Gasteiger partial charge >= 0.3 is 33.6 Å². The SMILES string of the molecule is CC/C=C\C/C=C\C/C=C\C/C=C\C/C=C\C/C=C\CCCCCCCCCCCCCCCCCCC(=O)OCC(O)COP(=O)(O)OCC(O)COP(=O)(O)OCC(COC(=O)CCCCCCCCCCCCCCCCCCC/C=C\C/C=C\C/C=C\C/C=C\C/C=C\CC)OC(=O)CCCCCCCCC/C=C\C/C=C\C/C=C\CC. The summed E-state index contributed by atoms with van der Waals surface area (Å²) in [7, 11) is -9.81. The molecule has 694 valence electrons. The number of aliphatic hydroxyl groups excluding tert-OH is 2. The number of phosphoric acid groups is 2. The van der Waals surface area contributed by atoms with Crippen LogP contribution in [0.1, 0.15) is 406 Å². The molecule has 0 aromatic heterocycles. The second kappa shape index (κ2) is 94.1. The third kappa shape index (κ3) is 95.4. The minimum Gasteiger partial charge on any atom is -0.463 e. The van der Waals surface area contributed by atoms with Gasteiger partial charge in [0.1, 0.15) is 25.4 Å². The highest BCUT2D eigenvalue weighted by atomic mass is 31.2. The van der Waals surface area contributed by atoms with Crippen molar-refractivity contribution in [1.29, 1.82) is 0 Å². The maximum absolute atomic E-state index is 13.1. The number of hydrogen-bond acceptors (Lipinski definition) is 14. The molecule has 121 heavy (non-hydrogen) atoms. The number of phosphoric ester groups is 2. The Labute approximate surface area is 739 Å². The Morgan fingerprint density at radius 2 is 0.413 bits per heavy atom. The van der Waals surface area contributed by atoms with Crippen molar-refractivity contribution in [3.63, 3.8) is 0 Å². The molecule has 0 aliphatic carbocycles. The van der Waals surface area contributed by atoms with Gasteiger partial charge in [-0.2, -0.15) is 0 Å². The van der Waals surface area contributed by atoms with Crippen molar-refractivity contribution in [2.75, 3.05) is 39.6 Å². The molecule has 5 atom stereocenters. The van der Waals surface area contributed by atoms with Crippen LogP contribution in [-0.2, 0) is 55.8 Å². The summed E-state index contributed by atoms with van der Waals surface area (Å²) in [6.45, 7) is 2.39. The number of ether oxygens (including phenoxy) is 3. The molecule has 18 heteroatoms. The Morgan fingerprint density at radius 3 is 0.653 bits per heavy atom. The zero-order valence-electron chi connectivity index (χ0n) is 76.6. The van der Waals surface area contributed by atoms with Crippen molar-refractivity contribution >= 4 is 33.6 Å². The number of hydrogen-bond donors (Lipinski definition) is 4. The van der Waals surface area contributed by atoms with Crippen LogP contribution in [0.4, 0.5) is 0 Å². The highest BCUT2D eigenvalue weighted by Gasteiger charge is 2.30. The first-order chi connectivity index (χ1) is 59.2. The molecule has 0 aliphatic heterocycles. The second-order valence-corrected chi connectivity index (χ2v) is 35.0. The van der Waals surface area contributed by atoms with E-state index < -0.39 is 91.5 Å². The lowest BCUT2D eigenvalue weighted by Gasteiger charge is -2.21. The topological polar surface area (TPSA) is 231 Å². The fraction of sp³-hybridized carbons (Fsp3) is 0.699. The highest BCUT2D eigenvalue weighted by Crippen LogP contribution is 2.45. The van der Waals surface area contributed by atoms with E-state index in [4.69, 9.17) is 32.3 Å². The molecule has 0 heterocycles. The van der Waals surface area contributed by atoms with E-state index in [-0.39, 0.29) is 19.3 Å². The molecule has 5 unspecified atom stereocenters. The normalized spacial score (nSPS) is 14.5. The molecule has 0 radical (unpaired) electrons. The van der Waals surface area contributed by atoms with Crippen molar-refractivity contribution in [1.82, 2.24) is 0 Å². The highest BCUT2D eigenvalue weighted by molar-refractivity contribution is 7.47. The molecule has 0 spiro atoms. The predicted molar refractivity (Wildman–Crippen MR) is 509 cm³/mol. The summed E-state index contributed by atoms with van der Waals surface area (Å²) in [5.41, 5.74) is 0. The Balaban J connectivity index is 4.46. The minimum atomic E-state index is -4.94. The molecule has 4 N–H and O–H groups in total. The predicted octanol–water partition coefficient (Wildman–Crippen LogP) is 30.2. The van der Waals surface area contributed by atoms with Gasteiger partial charge in [-0.15, -0.1) is 0 Å². The fourth-order valence-electron chi connectivity index (χ4n) is 13.2. The van der Waals surface area contributed by atoms with Crippen molar-refractivity contribution in [3.05, 3.63) is 170 Å². The number of carbonyl (C=O) groups excluding carboxylic acids is 3. The Morgan fingerprint density at radius 1 is 0.231 bits per heavy atom. The molecule has 0 aliphatic rings. The molecule has 0 bridgehead atoms. The number of carbonyl (C=O) groups is 3. The molecule has 0 fully saturated rings. The Hall–Kier alpha value is -5.09. The van der Waals surface area contributed by atoms with Crippen LogP contribution in [0.25, 0.3) is 0 Å². The molecular formula is C103H176O16P2. The van der Waals surface area contributed by atoms with Crippen LogP contribution in [0.5, 0.6) is 0 Å². The van der Waals surface area contributed by atoms with Crippen LogP contribution in [0, 0.1) is 0 Å². The van der Waals surface area contributed by atoms with E-state index in [0.717, 1.165) is 173 Å². The van der Waals surface area contributed by atoms with Crippen LogP contribution >= 0.6 is 15.6 Å². The summed E-state index contributed by atoms with van der Waals surface area (Å²) >= 11 is 0. The van der Waals surface area contributed by atoms with Gasteiger partial charge in [-0.3, -0.25) is 32.5 Å². The molecule has 0 rings (SSSR count). The van der Waals surface area contributed by atoms with Gasteiger partial charge in [0.25, 0.3) is 0 Å². The fourth-order valence-corrected chi connectivity index (χ4v) is 14.8. The summed E-state index contributed by atoms with van der Waals surface area (Å²) in [6.07, 6.45) is 123. The van der Waals surface area contributed by atoms with Crippen LogP contribution in [0.2, 0.25) is 0 Å². The van der Waals surface area contributed by atoms with E-state index in [9.17, 15) is 43.5 Å². The van der Waals surface area contributed by atoms with Gasteiger partial charge in [0.2, 0.25) is 0 Å². The van der Waals surface area contributed by atoms with Gasteiger partial charge in [0, 0.05) is 19.3 Å². The molecule has 0 saturated carbocycles. The maximum atomic E-state index is 13.1. The zero-order chi connectivity index (χ0) is 87.9. The van der Waals surface area contributed by atoms with Gasteiger partial charge in [-0.05, 0) is 148 Å². The molecular weight excluding hydrogens is 1560 g/mol. The molecule has 0 aromatic rings. The number of rotatable bonds is 91. The van der Waals surface area contributed by atoms with Crippen molar-refractivity contribution in [3.8, 4) is 0 Å². The average Bonchev–Trinajstić information content (AvgIpc) is 0.896. The largest absolute Gasteiger partial charge is 0.472 e. The van der Waals surface area contributed by atoms with Crippen molar-refractivity contribution in [2.24, 2.45) is 0 Å². The lowest BCUT2D eigenvalue weighted by atomic mass is 10.0. The molecule has 0 amide bonds. The van der Waals surface area contributed by atoms with E-state index in [1.807, 2.05) is 0 Å². The van der Waals surface area contributed by atoms with E-state index in [1.165, 1.54) is 173 Å².